The van der Waals surface area contributed by atoms with Crippen LogP contribution >= 0.6 is 0 Å². The third-order valence-electron chi connectivity index (χ3n) is 5.31. The van der Waals surface area contributed by atoms with E-state index in [0.717, 1.165) is 44.0 Å². The molecule has 170 valence electrons. The lowest BCUT2D eigenvalue weighted by molar-refractivity contribution is -0.117. The number of hydrogen-bond acceptors (Lipinski definition) is 5. The number of rotatable bonds is 10. The molecule has 0 bridgehead atoms. The maximum atomic E-state index is 12.8. The van der Waals surface area contributed by atoms with Gasteiger partial charge < -0.3 is 19.5 Å². The number of nitrogens with one attached hydrogen (secondary N) is 1. The molecule has 0 aromatic heterocycles. The fraction of sp³-hybridized carbons (Fsp3) is 0.346. The molecule has 1 aliphatic heterocycles. The highest BCUT2D eigenvalue weighted by Crippen LogP contribution is 2.28. The second-order valence-corrected chi connectivity index (χ2v) is 7.73. The Morgan fingerprint density at radius 3 is 2.62 bits per heavy atom. The summed E-state index contributed by atoms with van der Waals surface area (Å²) in [6, 6.07) is 13.8. The van der Waals surface area contributed by atoms with Crippen LogP contribution in [0.3, 0.4) is 0 Å². The van der Waals surface area contributed by atoms with Crippen LogP contribution in [-0.2, 0) is 9.53 Å². The van der Waals surface area contributed by atoms with Crippen molar-refractivity contribution in [2.45, 2.75) is 13.0 Å². The number of ether oxygens (including phenoxy) is 3. The molecule has 6 nitrogen and oxygen atoms in total. The van der Waals surface area contributed by atoms with Crippen LogP contribution in [0, 0.1) is 6.92 Å². The van der Waals surface area contributed by atoms with Gasteiger partial charge in [0.1, 0.15) is 6.61 Å². The van der Waals surface area contributed by atoms with Gasteiger partial charge in [-0.1, -0.05) is 48.6 Å². The lowest BCUT2D eigenvalue weighted by atomic mass is 10.0. The highest BCUT2D eigenvalue weighted by Gasteiger charge is 2.19. The zero-order valence-corrected chi connectivity index (χ0v) is 18.9. The normalized spacial score (nSPS) is 15.3. The van der Waals surface area contributed by atoms with Gasteiger partial charge in [-0.3, -0.25) is 9.69 Å². The topological polar surface area (TPSA) is 60.0 Å². The molecule has 2 aromatic rings. The molecule has 2 aromatic carbocycles. The maximum Gasteiger partial charge on any atom is 0.244 e. The Morgan fingerprint density at radius 2 is 1.94 bits per heavy atom. The zero-order chi connectivity index (χ0) is 22.8. The van der Waals surface area contributed by atoms with Crippen LogP contribution in [0.25, 0.3) is 6.08 Å². The Labute approximate surface area is 190 Å². The Bertz CT molecular complexity index is 918. The van der Waals surface area contributed by atoms with Crippen LogP contribution < -0.4 is 14.8 Å². The molecule has 1 aliphatic rings. The number of benzene rings is 2. The summed E-state index contributed by atoms with van der Waals surface area (Å²) < 4.78 is 16.4. The van der Waals surface area contributed by atoms with Crippen molar-refractivity contribution >= 4 is 12.0 Å². The van der Waals surface area contributed by atoms with Crippen molar-refractivity contribution in [3.05, 3.63) is 77.9 Å². The summed E-state index contributed by atoms with van der Waals surface area (Å²) in [6.45, 7) is 10.0. The number of carbonyl (C=O) groups excluding carboxylic acids is 1. The van der Waals surface area contributed by atoms with Crippen LogP contribution in [0.4, 0.5) is 0 Å². The molecule has 6 heteroatoms. The van der Waals surface area contributed by atoms with Gasteiger partial charge in [0.25, 0.3) is 0 Å². The molecule has 0 radical (unpaired) electrons. The summed E-state index contributed by atoms with van der Waals surface area (Å²) >= 11 is 0. The molecule has 1 saturated heterocycles. The van der Waals surface area contributed by atoms with Crippen molar-refractivity contribution in [1.82, 2.24) is 10.2 Å². The molecular formula is C26H32N2O4. The van der Waals surface area contributed by atoms with Gasteiger partial charge in [-0.05, 0) is 36.3 Å². The third kappa shape index (κ3) is 6.97. The van der Waals surface area contributed by atoms with Crippen molar-refractivity contribution in [2.24, 2.45) is 0 Å². The number of hydrogen-bond donors (Lipinski definition) is 1. The predicted octanol–water partition coefficient (Wildman–Crippen LogP) is 3.77. The van der Waals surface area contributed by atoms with Gasteiger partial charge in [0.05, 0.1) is 26.4 Å². The molecular weight excluding hydrogens is 404 g/mol. The Morgan fingerprint density at radius 1 is 1.19 bits per heavy atom. The van der Waals surface area contributed by atoms with Gasteiger partial charge in [-0.25, -0.2) is 0 Å². The summed E-state index contributed by atoms with van der Waals surface area (Å²) in [6.07, 6.45) is 5.01. The number of carbonyl (C=O) groups is 1. The first-order chi connectivity index (χ1) is 15.6. The molecule has 1 amide bonds. The number of morpholine rings is 1. The zero-order valence-electron chi connectivity index (χ0n) is 18.9. The number of aryl methyl sites for hydroxylation is 1. The van der Waals surface area contributed by atoms with Gasteiger partial charge in [-0.15, -0.1) is 0 Å². The average molecular weight is 437 g/mol. The van der Waals surface area contributed by atoms with E-state index in [-0.39, 0.29) is 11.9 Å². The minimum atomic E-state index is -0.144. The minimum absolute atomic E-state index is 0.102. The summed E-state index contributed by atoms with van der Waals surface area (Å²) in [5, 5.41) is 3.16. The van der Waals surface area contributed by atoms with E-state index in [1.807, 2.05) is 18.2 Å². The van der Waals surface area contributed by atoms with E-state index in [1.54, 1.807) is 25.3 Å². The predicted molar refractivity (Wildman–Crippen MR) is 127 cm³/mol. The van der Waals surface area contributed by atoms with Gasteiger partial charge >= 0.3 is 0 Å². The van der Waals surface area contributed by atoms with E-state index in [4.69, 9.17) is 14.2 Å². The Hall–Kier alpha value is -3.09. The van der Waals surface area contributed by atoms with Crippen LogP contribution in [-0.4, -0.2) is 57.4 Å². The molecule has 0 saturated carbocycles. The van der Waals surface area contributed by atoms with Gasteiger partial charge in [0, 0.05) is 25.7 Å². The molecule has 3 rings (SSSR count). The van der Waals surface area contributed by atoms with Crippen LogP contribution in [0.2, 0.25) is 0 Å². The first-order valence-corrected chi connectivity index (χ1v) is 10.9. The van der Waals surface area contributed by atoms with Gasteiger partial charge in [-0.2, -0.15) is 0 Å². The molecule has 1 atom stereocenters. The summed E-state index contributed by atoms with van der Waals surface area (Å²) in [7, 11) is 1.59. The Kier molecular flexibility index (Phi) is 8.90. The van der Waals surface area contributed by atoms with Crippen molar-refractivity contribution in [3.8, 4) is 11.5 Å². The smallest absolute Gasteiger partial charge is 0.244 e. The summed E-state index contributed by atoms with van der Waals surface area (Å²) in [5.74, 6) is 1.10. The maximum absolute atomic E-state index is 12.8. The van der Waals surface area contributed by atoms with Crippen molar-refractivity contribution in [3.63, 3.8) is 0 Å². The van der Waals surface area contributed by atoms with Crippen molar-refractivity contribution < 1.29 is 19.0 Å². The largest absolute Gasteiger partial charge is 0.493 e. The highest BCUT2D eigenvalue weighted by atomic mass is 16.5. The lowest BCUT2D eigenvalue weighted by Crippen LogP contribution is -2.42. The highest BCUT2D eigenvalue weighted by molar-refractivity contribution is 5.92. The van der Waals surface area contributed by atoms with E-state index in [9.17, 15) is 4.79 Å². The molecule has 1 heterocycles. The van der Waals surface area contributed by atoms with Crippen molar-refractivity contribution in [2.75, 3.05) is 46.6 Å². The average Bonchev–Trinajstić information content (AvgIpc) is 2.82. The van der Waals surface area contributed by atoms with E-state index in [2.05, 4.69) is 48.0 Å². The summed E-state index contributed by atoms with van der Waals surface area (Å²) in [4.78, 5) is 15.1. The first kappa shape index (κ1) is 23.6. The minimum Gasteiger partial charge on any atom is -0.493 e. The quantitative estimate of drug-likeness (QED) is 0.454. The molecule has 1 unspecified atom stereocenters. The molecule has 32 heavy (non-hydrogen) atoms. The molecule has 0 spiro atoms. The van der Waals surface area contributed by atoms with E-state index >= 15 is 0 Å². The van der Waals surface area contributed by atoms with Gasteiger partial charge in [0.15, 0.2) is 11.5 Å². The van der Waals surface area contributed by atoms with Crippen LogP contribution in [0.15, 0.2) is 61.2 Å². The SMILES string of the molecule is C=CCOc1ccc(/C=C/C(=O)NC(CN2CCOCC2)c2ccc(C)cc2)cc1OC. The van der Waals surface area contributed by atoms with Crippen LogP contribution in [0.1, 0.15) is 22.7 Å². The van der Waals surface area contributed by atoms with E-state index in [1.165, 1.54) is 5.56 Å². The fourth-order valence-corrected chi connectivity index (χ4v) is 3.52. The molecule has 1 N–H and O–H groups in total. The second kappa shape index (κ2) is 12.1. The number of methoxy groups -OCH3 is 1. The first-order valence-electron chi connectivity index (χ1n) is 10.9. The van der Waals surface area contributed by atoms with Crippen molar-refractivity contribution in [1.29, 1.82) is 0 Å². The number of nitrogens with zero attached hydrogens (tertiary/aromatic N) is 1. The fourth-order valence-electron chi connectivity index (χ4n) is 3.52. The van der Waals surface area contributed by atoms with Gasteiger partial charge in [0.2, 0.25) is 5.91 Å². The van der Waals surface area contributed by atoms with E-state index < -0.39 is 0 Å². The lowest BCUT2D eigenvalue weighted by Gasteiger charge is -2.31. The Balaban J connectivity index is 1.69. The van der Waals surface area contributed by atoms with Crippen LogP contribution in [0.5, 0.6) is 11.5 Å². The summed E-state index contributed by atoms with van der Waals surface area (Å²) in [5.41, 5.74) is 3.14. The molecule has 1 fully saturated rings. The monoisotopic (exact) mass is 436 g/mol. The third-order valence-corrected chi connectivity index (χ3v) is 5.31. The second-order valence-electron chi connectivity index (χ2n) is 7.73. The number of amides is 1. The molecule has 0 aliphatic carbocycles. The standard InChI is InChI=1S/C26H32N2O4/c1-4-15-32-24-11-7-21(18-25(24)30-3)8-12-26(29)27-23(19-28-13-16-31-17-14-28)22-9-5-20(2)6-10-22/h4-12,18,23H,1,13-17,19H2,2-3H3,(H,27,29)/b12-8+. The van der Waals surface area contributed by atoms with E-state index in [0.29, 0.717) is 18.1 Å².